The molecule has 1 atom stereocenters. The molecule has 0 fully saturated rings. The fraction of sp³-hybridized carbons (Fsp3) is 0.182. The number of sulfonamides is 1. The van der Waals surface area contributed by atoms with Crippen molar-refractivity contribution < 1.29 is 18.3 Å². The van der Waals surface area contributed by atoms with Crippen molar-refractivity contribution in [2.24, 2.45) is 5.73 Å². The topological polar surface area (TPSA) is 158 Å². The van der Waals surface area contributed by atoms with Gasteiger partial charge in [-0.25, -0.2) is 18.2 Å². The molecule has 6 N–H and O–H groups in total. The van der Waals surface area contributed by atoms with Crippen LogP contribution >= 0.6 is 11.3 Å². The lowest BCUT2D eigenvalue weighted by Crippen LogP contribution is -2.32. The van der Waals surface area contributed by atoms with E-state index in [1.54, 1.807) is 6.08 Å². The second-order valence-corrected chi connectivity index (χ2v) is 7.07. The average molecular weight is 343 g/mol. The van der Waals surface area contributed by atoms with Gasteiger partial charge < -0.3 is 16.2 Å². The maximum Gasteiger partial charge on any atom is 0.357 e. The number of rotatable bonds is 5. The Bertz CT molecular complexity index is 765. The van der Waals surface area contributed by atoms with Gasteiger partial charge in [0.15, 0.2) is 11.7 Å². The molecule has 0 bridgehead atoms. The van der Waals surface area contributed by atoms with Crippen molar-refractivity contribution in [2.75, 3.05) is 4.72 Å². The highest BCUT2D eigenvalue weighted by molar-refractivity contribution is 7.93. The highest BCUT2D eigenvalue weighted by Crippen LogP contribution is 2.25. The van der Waals surface area contributed by atoms with E-state index >= 15 is 0 Å². The van der Waals surface area contributed by atoms with E-state index in [-0.39, 0.29) is 23.1 Å². The van der Waals surface area contributed by atoms with Crippen LogP contribution in [0.15, 0.2) is 29.4 Å². The number of nitrogens with zero attached hydrogens (tertiary/aromatic N) is 1. The van der Waals surface area contributed by atoms with E-state index in [1.807, 2.05) is 0 Å². The summed E-state index contributed by atoms with van der Waals surface area (Å²) in [5.41, 5.74) is 6.64. The first-order valence-corrected chi connectivity index (χ1v) is 8.40. The van der Waals surface area contributed by atoms with Crippen LogP contribution in [-0.4, -0.2) is 35.7 Å². The molecule has 1 aliphatic rings. The smallest absolute Gasteiger partial charge is 0.357 e. The second kappa shape index (κ2) is 6.15. The van der Waals surface area contributed by atoms with Gasteiger partial charge in [0.2, 0.25) is 10.0 Å². The van der Waals surface area contributed by atoms with Gasteiger partial charge in [0.05, 0.1) is 5.51 Å². The number of carboxylic acids is 1. The lowest BCUT2D eigenvalue weighted by molar-refractivity contribution is 0.0692. The third-order valence-corrected chi connectivity index (χ3v) is 5.25. The summed E-state index contributed by atoms with van der Waals surface area (Å²) in [5.74, 6) is -1.54. The van der Waals surface area contributed by atoms with E-state index in [9.17, 15) is 13.2 Å². The fourth-order valence-corrected chi connectivity index (χ4v) is 3.95. The molecule has 0 amide bonds. The molecule has 0 saturated heterocycles. The van der Waals surface area contributed by atoms with Crippen LogP contribution in [0.2, 0.25) is 0 Å². The Morgan fingerprint density at radius 2 is 2.27 bits per heavy atom. The van der Waals surface area contributed by atoms with Gasteiger partial charge in [0.1, 0.15) is 10.3 Å². The van der Waals surface area contributed by atoms with Gasteiger partial charge in [0.25, 0.3) is 0 Å². The number of anilines is 1. The largest absolute Gasteiger partial charge is 0.476 e. The molecule has 118 valence electrons. The van der Waals surface area contributed by atoms with Crippen LogP contribution in [0.25, 0.3) is 0 Å². The number of carboxylic acid groups (broad SMARTS) is 1. The average Bonchev–Trinajstić information content (AvgIpc) is 2.86. The number of guanidine groups is 1. The van der Waals surface area contributed by atoms with Crippen molar-refractivity contribution in [3.63, 3.8) is 0 Å². The van der Waals surface area contributed by atoms with Crippen molar-refractivity contribution >= 4 is 38.3 Å². The Kier molecular flexibility index (Phi) is 4.47. The fourth-order valence-electron chi connectivity index (χ4n) is 1.75. The van der Waals surface area contributed by atoms with Gasteiger partial charge in [-0.3, -0.25) is 10.1 Å². The van der Waals surface area contributed by atoms with Gasteiger partial charge in [-0.05, 0) is 12.5 Å². The number of hydrogen-bond donors (Lipinski definition) is 5. The lowest BCUT2D eigenvalue weighted by atomic mass is 10.1. The molecule has 1 aromatic heterocycles. The zero-order valence-corrected chi connectivity index (χ0v) is 12.7. The van der Waals surface area contributed by atoms with E-state index in [1.165, 1.54) is 17.7 Å². The Labute approximate surface area is 130 Å². The number of allylic oxidation sites excluding steroid dienone is 2. The maximum atomic E-state index is 12.3. The van der Waals surface area contributed by atoms with Crippen LogP contribution in [-0.2, 0) is 10.0 Å². The predicted molar refractivity (Wildman–Crippen MR) is 82.3 cm³/mol. The summed E-state index contributed by atoms with van der Waals surface area (Å²) in [4.78, 5) is 14.5. The summed E-state index contributed by atoms with van der Waals surface area (Å²) < 4.78 is 26.8. The summed E-state index contributed by atoms with van der Waals surface area (Å²) in [6, 6.07) is 0. The molecular weight excluding hydrogens is 330 g/mol. The third-order valence-electron chi connectivity index (χ3n) is 2.74. The minimum Gasteiger partial charge on any atom is -0.476 e. The zero-order valence-electron chi connectivity index (χ0n) is 11.1. The van der Waals surface area contributed by atoms with Crippen molar-refractivity contribution in [1.82, 2.24) is 10.3 Å². The van der Waals surface area contributed by atoms with E-state index in [2.05, 4.69) is 15.0 Å². The number of aromatic carboxylic acids is 1. The highest BCUT2D eigenvalue weighted by atomic mass is 32.2. The van der Waals surface area contributed by atoms with E-state index in [0.29, 0.717) is 5.70 Å². The Balaban J connectivity index is 2.11. The van der Waals surface area contributed by atoms with Crippen molar-refractivity contribution in [3.05, 3.63) is 35.1 Å². The predicted octanol–water partition coefficient (Wildman–Crippen LogP) is 0.278. The number of aromatic nitrogens is 1. The summed E-state index contributed by atoms with van der Waals surface area (Å²) in [5, 5.41) is 17.7. The molecule has 1 unspecified atom stereocenters. The van der Waals surface area contributed by atoms with Crippen LogP contribution in [0, 0.1) is 5.41 Å². The molecule has 0 aromatic carbocycles. The first-order chi connectivity index (χ1) is 10.3. The third kappa shape index (κ3) is 3.62. The van der Waals surface area contributed by atoms with E-state index < -0.39 is 21.2 Å². The minimum absolute atomic E-state index is 0.0301. The first kappa shape index (κ1) is 16.0. The molecular formula is C11H13N5O4S2. The molecule has 1 aromatic rings. The molecule has 1 aliphatic carbocycles. The van der Waals surface area contributed by atoms with E-state index in [0.717, 1.165) is 11.3 Å². The van der Waals surface area contributed by atoms with Crippen LogP contribution in [0.3, 0.4) is 0 Å². The number of nitrogens with two attached hydrogens (primary N) is 1. The van der Waals surface area contributed by atoms with Gasteiger partial charge in [0, 0.05) is 5.70 Å². The van der Waals surface area contributed by atoms with Crippen molar-refractivity contribution in [2.45, 2.75) is 11.7 Å². The van der Waals surface area contributed by atoms with Gasteiger partial charge in [-0.15, -0.1) is 11.3 Å². The molecule has 1 heterocycles. The quantitative estimate of drug-likeness (QED) is 0.379. The number of nitrogens with one attached hydrogen (secondary N) is 3. The molecule has 2 rings (SSSR count). The Morgan fingerprint density at radius 1 is 1.55 bits per heavy atom. The Morgan fingerprint density at radius 3 is 2.82 bits per heavy atom. The monoisotopic (exact) mass is 343 g/mol. The molecule has 9 nitrogen and oxygen atoms in total. The second-order valence-electron chi connectivity index (χ2n) is 4.31. The van der Waals surface area contributed by atoms with Gasteiger partial charge in [-0.2, -0.15) is 0 Å². The van der Waals surface area contributed by atoms with Gasteiger partial charge in [-0.1, -0.05) is 12.2 Å². The normalized spacial score (nSPS) is 17.6. The van der Waals surface area contributed by atoms with Crippen LogP contribution < -0.4 is 15.8 Å². The molecule has 11 heteroatoms. The van der Waals surface area contributed by atoms with Crippen LogP contribution in [0.1, 0.15) is 16.9 Å². The summed E-state index contributed by atoms with van der Waals surface area (Å²) in [7, 11) is -3.80. The van der Waals surface area contributed by atoms with Gasteiger partial charge >= 0.3 is 5.97 Å². The Hall–Kier alpha value is -2.40. The number of carbonyl (C=O) groups is 1. The molecule has 22 heavy (non-hydrogen) atoms. The summed E-state index contributed by atoms with van der Waals surface area (Å²) in [6.45, 7) is 0. The first-order valence-electron chi connectivity index (χ1n) is 5.97. The molecule has 0 spiro atoms. The van der Waals surface area contributed by atoms with Crippen molar-refractivity contribution in [3.8, 4) is 0 Å². The number of thiazole rings is 1. The molecule has 0 aliphatic heterocycles. The highest BCUT2D eigenvalue weighted by Gasteiger charge is 2.27. The van der Waals surface area contributed by atoms with Crippen LogP contribution in [0.5, 0.6) is 0 Å². The van der Waals surface area contributed by atoms with Crippen molar-refractivity contribution in [1.29, 1.82) is 5.41 Å². The number of hydrogen-bond acceptors (Lipinski definition) is 6. The molecule has 0 radical (unpaired) electrons. The lowest BCUT2D eigenvalue weighted by Gasteiger charge is -2.18. The van der Waals surface area contributed by atoms with Crippen LogP contribution in [0.4, 0.5) is 5.00 Å². The minimum atomic E-state index is -3.80. The summed E-state index contributed by atoms with van der Waals surface area (Å²) >= 11 is 0.899. The SMILES string of the molecule is N=C(N)NC1=CCC(S(=O)(=O)Nc2scnc2C(=O)O)C=C1. The molecule has 0 saturated carbocycles. The standard InChI is InChI=1S/C11H13N5O4S2/c12-11(13)15-6-1-3-7(4-2-6)22(19,20)16-9-8(10(17)18)14-5-21-9/h1-3,5,7,16H,4H2,(H,17,18)(H4,12,13,15). The zero-order chi connectivity index (χ0) is 16.3. The summed E-state index contributed by atoms with van der Waals surface area (Å²) in [6.07, 6.45) is 4.70. The maximum absolute atomic E-state index is 12.3. The van der Waals surface area contributed by atoms with E-state index in [4.69, 9.17) is 16.2 Å².